The van der Waals surface area contributed by atoms with Crippen molar-refractivity contribution in [1.29, 1.82) is 0 Å². The SMILES string of the molecule is CC(C(=O)Nc1cc(-n2cnc3cc(N4CCN(C(=O)OC(C)(C)C)CC4)ccc3c2=O)ccc1OC(F)(F)F)N1CC2CC(C1)O2. The van der Waals surface area contributed by atoms with Crippen LogP contribution in [-0.2, 0) is 14.3 Å². The van der Waals surface area contributed by atoms with E-state index in [1.54, 1.807) is 30.0 Å². The van der Waals surface area contributed by atoms with Gasteiger partial charge in [-0.05, 0) is 64.1 Å². The van der Waals surface area contributed by atoms with Crippen molar-refractivity contribution < 1.29 is 37.0 Å². The Morgan fingerprint density at radius 3 is 2.30 bits per heavy atom. The van der Waals surface area contributed by atoms with Gasteiger partial charge in [-0.1, -0.05) is 0 Å². The zero-order chi connectivity index (χ0) is 33.7. The molecule has 0 saturated carbocycles. The topological polar surface area (TPSA) is 118 Å². The molecule has 4 aliphatic heterocycles. The van der Waals surface area contributed by atoms with Crippen molar-refractivity contribution in [1.82, 2.24) is 19.4 Å². The van der Waals surface area contributed by atoms with Crippen molar-refractivity contribution in [3.05, 3.63) is 53.1 Å². The monoisotopic (exact) mass is 658 g/mol. The summed E-state index contributed by atoms with van der Waals surface area (Å²) in [6.45, 7) is 10.3. The fraction of sp³-hybridized carbons (Fsp3) is 0.500. The van der Waals surface area contributed by atoms with Crippen LogP contribution in [0.1, 0.15) is 34.1 Å². The number of nitrogens with one attached hydrogen (secondary N) is 1. The Kier molecular flexibility index (Phi) is 8.55. The molecule has 7 rings (SSSR count). The molecule has 2 aromatic carbocycles. The molecule has 3 atom stereocenters. The lowest BCUT2D eigenvalue weighted by atomic mass is 9.97. The predicted octanol–water partition coefficient (Wildman–Crippen LogP) is 4.14. The summed E-state index contributed by atoms with van der Waals surface area (Å²) in [6.07, 6.45) is -3.04. The number of anilines is 2. The van der Waals surface area contributed by atoms with E-state index in [9.17, 15) is 27.6 Å². The van der Waals surface area contributed by atoms with Crippen LogP contribution >= 0.6 is 0 Å². The Bertz CT molecular complexity index is 1720. The molecular formula is C32H37F3N6O6. The summed E-state index contributed by atoms with van der Waals surface area (Å²) in [6, 6.07) is 8.21. The molecule has 0 radical (unpaired) electrons. The van der Waals surface area contributed by atoms with Gasteiger partial charge < -0.3 is 29.3 Å². The number of benzene rings is 2. The largest absolute Gasteiger partial charge is 0.573 e. The molecule has 15 heteroatoms. The van der Waals surface area contributed by atoms with Gasteiger partial charge in [-0.25, -0.2) is 9.78 Å². The van der Waals surface area contributed by atoms with E-state index >= 15 is 0 Å². The molecule has 2 amide bonds. The number of halogens is 3. The standard InChI is InChI=1S/C32H37F3N6O6/c1-19(40-16-22-15-23(17-40)45-22)28(42)37-26-14-21(6-8-27(26)46-32(33,34)35)41-18-36-25-13-20(5-7-24(25)29(41)43)38-9-11-39(12-10-38)30(44)47-31(2,3)4/h5-8,13-14,18-19,22-23H,9-12,15-17H2,1-4H3,(H,37,42). The summed E-state index contributed by atoms with van der Waals surface area (Å²) in [7, 11) is 0. The number of morpholine rings is 1. The second-order valence-corrected chi connectivity index (χ2v) is 13.0. The minimum absolute atomic E-state index is 0.0502. The van der Waals surface area contributed by atoms with Crippen LogP contribution in [0.25, 0.3) is 16.6 Å². The first-order valence-electron chi connectivity index (χ1n) is 15.5. The Labute approximate surface area is 269 Å². The molecule has 12 nitrogen and oxygen atoms in total. The number of hydrogen-bond acceptors (Lipinski definition) is 9. The van der Waals surface area contributed by atoms with Crippen LogP contribution in [0, 0.1) is 0 Å². The Morgan fingerprint density at radius 2 is 1.66 bits per heavy atom. The third-order valence-corrected chi connectivity index (χ3v) is 8.48. The summed E-state index contributed by atoms with van der Waals surface area (Å²) >= 11 is 0. The van der Waals surface area contributed by atoms with Crippen LogP contribution in [-0.4, -0.2) is 101 Å². The third kappa shape index (κ3) is 7.30. The van der Waals surface area contributed by atoms with Gasteiger partial charge in [-0.15, -0.1) is 13.2 Å². The summed E-state index contributed by atoms with van der Waals surface area (Å²) in [5.74, 6) is -1.12. The number of piperazine rings is 1. The number of fused-ring (bicyclic) bond motifs is 3. The van der Waals surface area contributed by atoms with Gasteiger partial charge in [-0.3, -0.25) is 19.1 Å². The Balaban J connectivity index is 1.21. The Morgan fingerprint density at radius 1 is 1.00 bits per heavy atom. The number of amides is 2. The van der Waals surface area contributed by atoms with Gasteiger partial charge in [0.1, 0.15) is 11.9 Å². The number of hydrogen-bond donors (Lipinski definition) is 1. The molecular weight excluding hydrogens is 621 g/mol. The first kappa shape index (κ1) is 32.6. The number of nitrogens with zero attached hydrogens (tertiary/aromatic N) is 5. The molecule has 2 bridgehead atoms. The minimum Gasteiger partial charge on any atom is -0.444 e. The lowest BCUT2D eigenvalue weighted by Crippen LogP contribution is -2.61. The Hall–Kier alpha value is -4.37. The molecule has 1 N–H and O–H groups in total. The zero-order valence-corrected chi connectivity index (χ0v) is 26.5. The van der Waals surface area contributed by atoms with Crippen molar-refractivity contribution >= 4 is 34.3 Å². The number of alkyl halides is 3. The maximum Gasteiger partial charge on any atom is 0.573 e. The van der Waals surface area contributed by atoms with Crippen LogP contribution in [0.5, 0.6) is 5.75 Å². The van der Waals surface area contributed by atoms with Gasteiger partial charge in [0, 0.05) is 51.4 Å². The summed E-state index contributed by atoms with van der Waals surface area (Å²) in [5.41, 5.74) is 0.192. The van der Waals surface area contributed by atoms with Crippen LogP contribution in [0.15, 0.2) is 47.5 Å². The molecule has 3 unspecified atom stereocenters. The average Bonchev–Trinajstić information content (AvgIpc) is 3.00. The van der Waals surface area contributed by atoms with Gasteiger partial charge in [0.05, 0.1) is 40.5 Å². The predicted molar refractivity (Wildman–Crippen MR) is 167 cm³/mol. The quantitative estimate of drug-likeness (QED) is 0.417. The van der Waals surface area contributed by atoms with E-state index in [2.05, 4.69) is 19.9 Å². The third-order valence-electron chi connectivity index (χ3n) is 8.48. The molecule has 0 spiro atoms. The molecule has 47 heavy (non-hydrogen) atoms. The molecule has 3 aromatic rings. The van der Waals surface area contributed by atoms with E-state index in [0.29, 0.717) is 50.2 Å². The number of carbonyl (C=O) groups is 2. The van der Waals surface area contributed by atoms with Gasteiger partial charge in [0.2, 0.25) is 5.91 Å². The normalized spacial score (nSPS) is 20.8. The van der Waals surface area contributed by atoms with Crippen molar-refractivity contribution in [3.63, 3.8) is 0 Å². The molecule has 1 aromatic heterocycles. The van der Waals surface area contributed by atoms with Gasteiger partial charge in [0.25, 0.3) is 5.56 Å². The second kappa shape index (κ2) is 12.3. The summed E-state index contributed by atoms with van der Waals surface area (Å²) < 4.78 is 56.2. The summed E-state index contributed by atoms with van der Waals surface area (Å²) in [5, 5.41) is 2.87. The number of carbonyl (C=O) groups excluding carboxylic acids is 2. The molecule has 5 heterocycles. The number of rotatable bonds is 6. The molecule has 4 fully saturated rings. The van der Waals surface area contributed by atoms with Crippen LogP contribution in [0.2, 0.25) is 0 Å². The van der Waals surface area contributed by atoms with Crippen molar-refractivity contribution in [2.45, 2.75) is 64.3 Å². The molecule has 0 aliphatic carbocycles. The molecule has 4 aliphatic rings. The van der Waals surface area contributed by atoms with Gasteiger partial charge in [0.15, 0.2) is 5.75 Å². The maximum absolute atomic E-state index is 13.6. The van der Waals surface area contributed by atoms with E-state index in [4.69, 9.17) is 9.47 Å². The molecule has 252 valence electrons. The van der Waals surface area contributed by atoms with Crippen LogP contribution < -0.4 is 20.5 Å². The average molecular weight is 659 g/mol. The zero-order valence-electron chi connectivity index (χ0n) is 26.5. The van der Waals surface area contributed by atoms with E-state index in [1.807, 2.05) is 25.7 Å². The highest BCUT2D eigenvalue weighted by Crippen LogP contribution is 2.34. The van der Waals surface area contributed by atoms with Crippen molar-refractivity contribution in [2.24, 2.45) is 0 Å². The van der Waals surface area contributed by atoms with Crippen molar-refractivity contribution in [3.8, 4) is 11.4 Å². The summed E-state index contributed by atoms with van der Waals surface area (Å²) in [4.78, 5) is 49.3. The van der Waals surface area contributed by atoms with E-state index in [1.165, 1.54) is 23.0 Å². The lowest BCUT2D eigenvalue weighted by Gasteiger charge is -2.48. The van der Waals surface area contributed by atoms with Gasteiger partial charge in [-0.2, -0.15) is 0 Å². The highest BCUT2D eigenvalue weighted by Gasteiger charge is 2.41. The lowest BCUT2D eigenvalue weighted by molar-refractivity contribution is -0.274. The van der Waals surface area contributed by atoms with Crippen LogP contribution in [0.4, 0.5) is 29.3 Å². The van der Waals surface area contributed by atoms with E-state index in [-0.39, 0.29) is 29.7 Å². The van der Waals surface area contributed by atoms with E-state index in [0.717, 1.165) is 18.2 Å². The fourth-order valence-electron chi connectivity index (χ4n) is 6.05. The fourth-order valence-corrected chi connectivity index (χ4v) is 6.05. The highest BCUT2D eigenvalue weighted by atomic mass is 19.4. The van der Waals surface area contributed by atoms with E-state index < -0.39 is 35.2 Å². The smallest absolute Gasteiger partial charge is 0.444 e. The second-order valence-electron chi connectivity index (χ2n) is 13.0. The number of aromatic nitrogens is 2. The van der Waals surface area contributed by atoms with Crippen molar-refractivity contribution in [2.75, 3.05) is 49.5 Å². The molecule has 4 saturated heterocycles. The van der Waals surface area contributed by atoms with Gasteiger partial charge >= 0.3 is 12.5 Å². The first-order valence-corrected chi connectivity index (χ1v) is 15.5. The maximum atomic E-state index is 13.6. The first-order chi connectivity index (χ1) is 22.1. The number of ether oxygens (including phenoxy) is 3. The minimum atomic E-state index is -5.00. The van der Waals surface area contributed by atoms with Crippen LogP contribution in [0.3, 0.4) is 0 Å². The highest BCUT2D eigenvalue weighted by molar-refractivity contribution is 5.96. The number of piperidine rings is 1.